The van der Waals surface area contributed by atoms with Crippen molar-refractivity contribution in [2.24, 2.45) is 5.73 Å². The van der Waals surface area contributed by atoms with Crippen molar-refractivity contribution < 1.29 is 14.3 Å². The number of carbonyl (C=O) groups is 1. The second kappa shape index (κ2) is 6.22. The Balaban J connectivity index is 4.05. The summed E-state index contributed by atoms with van der Waals surface area (Å²) in [6.07, 6.45) is 2.17. The Bertz CT molecular complexity index is 300. The number of allylic oxidation sites excluding steroid dienone is 1. The van der Waals surface area contributed by atoms with Crippen LogP contribution in [0.5, 0.6) is 0 Å². The van der Waals surface area contributed by atoms with Gasteiger partial charge in [-0.15, -0.1) is 0 Å². The lowest BCUT2D eigenvalue weighted by atomic mass is 10.0. The van der Waals surface area contributed by atoms with Crippen LogP contribution in [-0.2, 0) is 4.79 Å². The third kappa shape index (κ3) is 4.88. The number of nitrogens with two attached hydrogens (primary N) is 1. The van der Waals surface area contributed by atoms with Crippen LogP contribution in [0, 0.1) is 5.41 Å². The van der Waals surface area contributed by atoms with E-state index in [4.69, 9.17) is 16.2 Å². The molecule has 92 valence electrons. The van der Waals surface area contributed by atoms with Crippen LogP contribution < -0.4 is 11.1 Å². The van der Waals surface area contributed by atoms with Crippen LogP contribution in [0.4, 0.5) is 4.39 Å². The zero-order valence-corrected chi connectivity index (χ0v) is 9.51. The Hall–Kier alpha value is -1.43. The number of halogens is 1. The SMILES string of the molecule is CC(=N)NCCCC=C(F)C(C)(N)C(=O)O. The Kier molecular flexibility index (Phi) is 5.66. The van der Waals surface area contributed by atoms with Gasteiger partial charge in [0.25, 0.3) is 0 Å². The summed E-state index contributed by atoms with van der Waals surface area (Å²) < 4.78 is 13.3. The number of amidine groups is 1. The van der Waals surface area contributed by atoms with Crippen molar-refractivity contribution in [2.75, 3.05) is 6.54 Å². The predicted molar refractivity (Wildman–Crippen MR) is 60.1 cm³/mol. The fourth-order valence-electron chi connectivity index (χ4n) is 0.921. The first-order valence-electron chi connectivity index (χ1n) is 4.96. The highest BCUT2D eigenvalue weighted by molar-refractivity contribution is 5.81. The summed E-state index contributed by atoms with van der Waals surface area (Å²) in [5, 5.41) is 18.5. The minimum atomic E-state index is -1.95. The first-order chi connectivity index (χ1) is 7.28. The van der Waals surface area contributed by atoms with E-state index in [0.29, 0.717) is 25.2 Å². The van der Waals surface area contributed by atoms with Crippen molar-refractivity contribution in [3.8, 4) is 0 Å². The predicted octanol–water partition coefficient (Wildman–Crippen LogP) is 1.01. The van der Waals surface area contributed by atoms with Gasteiger partial charge >= 0.3 is 5.97 Å². The highest BCUT2D eigenvalue weighted by atomic mass is 19.1. The number of rotatable bonds is 6. The second-order valence-electron chi connectivity index (χ2n) is 3.75. The molecule has 5 nitrogen and oxygen atoms in total. The maximum absolute atomic E-state index is 13.3. The van der Waals surface area contributed by atoms with Gasteiger partial charge in [0.15, 0.2) is 5.54 Å². The maximum atomic E-state index is 13.3. The number of hydrogen-bond donors (Lipinski definition) is 4. The van der Waals surface area contributed by atoms with Crippen LogP contribution >= 0.6 is 0 Å². The van der Waals surface area contributed by atoms with Crippen molar-refractivity contribution in [3.63, 3.8) is 0 Å². The molecule has 0 aromatic heterocycles. The lowest BCUT2D eigenvalue weighted by Gasteiger charge is -2.16. The van der Waals surface area contributed by atoms with E-state index < -0.39 is 17.3 Å². The van der Waals surface area contributed by atoms with Crippen molar-refractivity contribution >= 4 is 11.8 Å². The van der Waals surface area contributed by atoms with Gasteiger partial charge in [0, 0.05) is 6.54 Å². The molecule has 5 N–H and O–H groups in total. The highest BCUT2D eigenvalue weighted by Crippen LogP contribution is 2.16. The van der Waals surface area contributed by atoms with Gasteiger partial charge in [-0.1, -0.05) is 6.08 Å². The molecule has 0 saturated heterocycles. The van der Waals surface area contributed by atoms with Crippen LogP contribution in [0.3, 0.4) is 0 Å². The molecular formula is C10H18FN3O2. The normalized spacial score (nSPS) is 15.4. The lowest BCUT2D eigenvalue weighted by molar-refractivity contribution is -0.141. The van der Waals surface area contributed by atoms with E-state index in [1.807, 2.05) is 0 Å². The van der Waals surface area contributed by atoms with E-state index in [0.717, 1.165) is 6.92 Å². The molecule has 0 fully saturated rings. The molecule has 0 radical (unpaired) electrons. The summed E-state index contributed by atoms with van der Waals surface area (Å²) in [6, 6.07) is 0. The zero-order valence-electron chi connectivity index (χ0n) is 9.51. The summed E-state index contributed by atoms with van der Waals surface area (Å²) in [5.41, 5.74) is 3.32. The number of aliphatic carboxylic acids is 1. The molecule has 0 bridgehead atoms. The minimum Gasteiger partial charge on any atom is -0.480 e. The summed E-state index contributed by atoms with van der Waals surface area (Å²) in [6.45, 7) is 3.27. The summed E-state index contributed by atoms with van der Waals surface area (Å²) in [7, 11) is 0. The second-order valence-corrected chi connectivity index (χ2v) is 3.75. The molecule has 6 heteroatoms. The van der Waals surface area contributed by atoms with Gasteiger partial charge < -0.3 is 16.2 Å². The molecule has 1 atom stereocenters. The molecule has 0 aromatic carbocycles. The van der Waals surface area contributed by atoms with Gasteiger partial charge in [-0.25, -0.2) is 9.18 Å². The molecule has 0 aromatic rings. The Labute approximate surface area is 94.0 Å². The number of unbranched alkanes of at least 4 members (excludes halogenated alkanes) is 1. The number of carboxylic acid groups (broad SMARTS) is 1. The van der Waals surface area contributed by atoms with Crippen LogP contribution in [0.2, 0.25) is 0 Å². The van der Waals surface area contributed by atoms with Gasteiger partial charge in [-0.3, -0.25) is 5.41 Å². The Morgan fingerprint density at radius 2 is 2.25 bits per heavy atom. The van der Waals surface area contributed by atoms with E-state index in [9.17, 15) is 9.18 Å². The lowest BCUT2D eigenvalue weighted by Crippen LogP contribution is -2.45. The molecular weight excluding hydrogens is 213 g/mol. The van der Waals surface area contributed by atoms with E-state index in [2.05, 4.69) is 5.32 Å². The molecule has 1 unspecified atom stereocenters. The molecule has 16 heavy (non-hydrogen) atoms. The molecule has 0 aliphatic rings. The topological polar surface area (TPSA) is 99.2 Å². The van der Waals surface area contributed by atoms with Crippen LogP contribution in [-0.4, -0.2) is 29.0 Å². The van der Waals surface area contributed by atoms with Crippen molar-refractivity contribution in [1.82, 2.24) is 5.32 Å². The molecule has 0 saturated carbocycles. The smallest absolute Gasteiger partial charge is 0.330 e. The monoisotopic (exact) mass is 231 g/mol. The van der Waals surface area contributed by atoms with Gasteiger partial charge in [0.2, 0.25) is 0 Å². The highest BCUT2D eigenvalue weighted by Gasteiger charge is 2.33. The van der Waals surface area contributed by atoms with E-state index in [-0.39, 0.29) is 0 Å². The van der Waals surface area contributed by atoms with E-state index in [1.54, 1.807) is 6.92 Å². The average Bonchev–Trinajstić information content (AvgIpc) is 2.16. The molecule has 0 spiro atoms. The van der Waals surface area contributed by atoms with E-state index >= 15 is 0 Å². The minimum absolute atomic E-state index is 0.346. The van der Waals surface area contributed by atoms with Crippen molar-refractivity contribution in [2.45, 2.75) is 32.2 Å². The average molecular weight is 231 g/mol. The van der Waals surface area contributed by atoms with Gasteiger partial charge in [-0.2, -0.15) is 0 Å². The summed E-state index contributed by atoms with van der Waals surface area (Å²) >= 11 is 0. The molecule has 0 amide bonds. The standard InChI is InChI=1S/C10H18FN3O2/c1-7(12)14-6-4-3-5-8(11)10(2,13)9(15)16/h5H,3-4,6,13H2,1-2H3,(H2,12,14)(H,15,16). The summed E-state index contributed by atoms with van der Waals surface area (Å²) in [5.74, 6) is -1.89. The Morgan fingerprint density at radius 1 is 1.69 bits per heavy atom. The molecule has 0 heterocycles. The molecule has 0 rings (SSSR count). The van der Waals surface area contributed by atoms with Crippen LogP contribution in [0.25, 0.3) is 0 Å². The third-order valence-corrected chi connectivity index (χ3v) is 2.04. The third-order valence-electron chi connectivity index (χ3n) is 2.04. The molecule has 0 aliphatic carbocycles. The fourth-order valence-corrected chi connectivity index (χ4v) is 0.921. The van der Waals surface area contributed by atoms with E-state index in [1.165, 1.54) is 6.08 Å². The first kappa shape index (κ1) is 14.6. The fraction of sp³-hybridized carbons (Fsp3) is 0.600. The number of nitrogens with one attached hydrogen (secondary N) is 2. The van der Waals surface area contributed by atoms with Crippen molar-refractivity contribution in [3.05, 3.63) is 11.9 Å². The van der Waals surface area contributed by atoms with Crippen LogP contribution in [0.1, 0.15) is 26.7 Å². The van der Waals surface area contributed by atoms with Gasteiger partial charge in [0.1, 0.15) is 5.83 Å². The number of hydrogen-bond acceptors (Lipinski definition) is 3. The molecule has 0 aliphatic heterocycles. The van der Waals surface area contributed by atoms with Gasteiger partial charge in [-0.05, 0) is 26.7 Å². The number of carboxylic acids is 1. The summed E-state index contributed by atoms with van der Waals surface area (Å²) in [4.78, 5) is 10.6. The van der Waals surface area contributed by atoms with Crippen LogP contribution in [0.15, 0.2) is 11.9 Å². The van der Waals surface area contributed by atoms with Crippen molar-refractivity contribution in [1.29, 1.82) is 5.41 Å². The van der Waals surface area contributed by atoms with Gasteiger partial charge in [0.05, 0.1) is 5.84 Å². The maximum Gasteiger partial charge on any atom is 0.330 e. The first-order valence-corrected chi connectivity index (χ1v) is 4.96. The Morgan fingerprint density at radius 3 is 2.69 bits per heavy atom. The largest absolute Gasteiger partial charge is 0.480 e. The zero-order chi connectivity index (χ0) is 12.8. The quantitative estimate of drug-likeness (QED) is 0.311.